The number of hydrogen-bond acceptors (Lipinski definition) is 4. The van der Waals surface area contributed by atoms with Crippen LogP contribution in [0.15, 0.2) is 65.1 Å². The number of furan rings is 1. The lowest BCUT2D eigenvalue weighted by molar-refractivity contribution is 0.0964. The van der Waals surface area contributed by atoms with Gasteiger partial charge in [-0.15, -0.1) is 0 Å². The molecular formula is C26H26N2O4S. The maximum Gasteiger partial charge on any atom is 0.255 e. The highest BCUT2D eigenvalue weighted by atomic mass is 32.2. The van der Waals surface area contributed by atoms with Crippen molar-refractivity contribution < 1.29 is 17.6 Å². The lowest BCUT2D eigenvalue weighted by Gasteiger charge is -2.21. The number of carbonyl (C=O) groups is 1. The topological polar surface area (TPSA) is 79.6 Å². The van der Waals surface area contributed by atoms with Crippen LogP contribution in [0.2, 0.25) is 0 Å². The van der Waals surface area contributed by atoms with Gasteiger partial charge in [-0.05, 0) is 31.0 Å². The molecule has 0 atom stereocenters. The number of sulfonamides is 1. The van der Waals surface area contributed by atoms with Crippen molar-refractivity contribution in [3.05, 3.63) is 77.4 Å². The zero-order valence-corrected chi connectivity index (χ0v) is 20.1. The third kappa shape index (κ3) is 4.12. The van der Waals surface area contributed by atoms with Crippen LogP contribution in [-0.4, -0.2) is 34.7 Å². The molecular weight excluding hydrogens is 436 g/mol. The van der Waals surface area contributed by atoms with Gasteiger partial charge in [0.1, 0.15) is 11.3 Å². The monoisotopic (exact) mass is 462 g/mol. The van der Waals surface area contributed by atoms with Crippen molar-refractivity contribution in [1.29, 1.82) is 0 Å². The van der Waals surface area contributed by atoms with Crippen LogP contribution >= 0.6 is 0 Å². The number of carbonyl (C=O) groups excluding carboxylic acids is 1. The van der Waals surface area contributed by atoms with Crippen molar-refractivity contribution >= 4 is 32.6 Å². The molecule has 4 rings (SSSR count). The third-order valence-electron chi connectivity index (χ3n) is 5.85. The van der Waals surface area contributed by atoms with Crippen molar-refractivity contribution in [2.24, 2.45) is 0 Å². The number of hydrogen-bond donors (Lipinski definition) is 1. The van der Waals surface area contributed by atoms with Crippen molar-refractivity contribution in [2.75, 3.05) is 24.7 Å². The standard InChI is InChI=1S/C26H26N2O4S/c1-16-10-12-18(13-11-16)25-24(26(29)27-3)21-14-20(19-9-7-6-8-17(19)2)22(15-23(21)32-25)28(4)33(5,30)31/h6-15H,1-5H3,(H,27,29). The van der Waals surface area contributed by atoms with E-state index in [0.717, 1.165) is 28.5 Å². The van der Waals surface area contributed by atoms with Crippen LogP contribution < -0.4 is 9.62 Å². The average molecular weight is 463 g/mol. The average Bonchev–Trinajstić information content (AvgIpc) is 3.15. The van der Waals surface area contributed by atoms with E-state index in [-0.39, 0.29) is 5.91 Å². The molecule has 3 aromatic carbocycles. The zero-order valence-electron chi connectivity index (χ0n) is 19.3. The lowest BCUT2D eigenvalue weighted by Crippen LogP contribution is -2.25. The summed E-state index contributed by atoms with van der Waals surface area (Å²) in [6.07, 6.45) is 1.16. The number of fused-ring (bicyclic) bond motifs is 1. The van der Waals surface area contributed by atoms with Crippen LogP contribution in [0, 0.1) is 13.8 Å². The van der Waals surface area contributed by atoms with Gasteiger partial charge >= 0.3 is 0 Å². The Hall–Kier alpha value is -3.58. The Kier molecular flexibility index (Phi) is 5.76. The second-order valence-corrected chi connectivity index (χ2v) is 10.2. The molecule has 0 unspecified atom stereocenters. The summed E-state index contributed by atoms with van der Waals surface area (Å²) in [6, 6.07) is 19.0. The molecule has 0 aliphatic rings. The fourth-order valence-corrected chi connectivity index (χ4v) is 4.43. The second-order valence-electron chi connectivity index (χ2n) is 8.16. The number of anilines is 1. The van der Waals surface area contributed by atoms with Crippen LogP contribution in [0.4, 0.5) is 5.69 Å². The smallest absolute Gasteiger partial charge is 0.255 e. The van der Waals surface area contributed by atoms with Crippen LogP contribution in [0.5, 0.6) is 0 Å². The summed E-state index contributed by atoms with van der Waals surface area (Å²) >= 11 is 0. The van der Waals surface area contributed by atoms with E-state index in [9.17, 15) is 13.2 Å². The van der Waals surface area contributed by atoms with Gasteiger partial charge < -0.3 is 9.73 Å². The molecule has 0 bridgehead atoms. The zero-order chi connectivity index (χ0) is 23.9. The minimum absolute atomic E-state index is 0.274. The molecule has 0 radical (unpaired) electrons. The van der Waals surface area contributed by atoms with E-state index in [0.29, 0.717) is 33.5 Å². The van der Waals surface area contributed by atoms with E-state index in [2.05, 4.69) is 5.32 Å². The molecule has 0 aliphatic heterocycles. The largest absolute Gasteiger partial charge is 0.455 e. The molecule has 33 heavy (non-hydrogen) atoms. The minimum atomic E-state index is -3.54. The van der Waals surface area contributed by atoms with Crippen molar-refractivity contribution in [3.8, 4) is 22.5 Å². The Balaban J connectivity index is 2.10. The van der Waals surface area contributed by atoms with E-state index in [1.807, 2.05) is 68.4 Å². The van der Waals surface area contributed by atoms with E-state index in [1.165, 1.54) is 11.4 Å². The summed E-state index contributed by atoms with van der Waals surface area (Å²) in [5.41, 5.74) is 5.77. The van der Waals surface area contributed by atoms with Gasteiger partial charge in [-0.1, -0.05) is 54.1 Å². The summed E-state index contributed by atoms with van der Waals surface area (Å²) in [7, 11) is -0.444. The third-order valence-corrected chi connectivity index (χ3v) is 7.04. The first-order valence-corrected chi connectivity index (χ1v) is 12.4. The van der Waals surface area contributed by atoms with Crippen molar-refractivity contribution in [3.63, 3.8) is 0 Å². The highest BCUT2D eigenvalue weighted by Gasteiger charge is 2.26. The quantitative estimate of drug-likeness (QED) is 0.445. The lowest BCUT2D eigenvalue weighted by atomic mass is 9.96. The first kappa shape index (κ1) is 22.6. The molecule has 0 spiro atoms. The number of nitrogens with one attached hydrogen (secondary N) is 1. The van der Waals surface area contributed by atoms with Crippen molar-refractivity contribution in [1.82, 2.24) is 5.32 Å². The molecule has 7 heteroatoms. The van der Waals surface area contributed by atoms with Gasteiger partial charge in [0.15, 0.2) is 0 Å². The fourth-order valence-electron chi connectivity index (χ4n) is 3.92. The minimum Gasteiger partial charge on any atom is -0.455 e. The first-order chi connectivity index (χ1) is 15.6. The van der Waals surface area contributed by atoms with E-state index < -0.39 is 10.0 Å². The highest BCUT2D eigenvalue weighted by Crippen LogP contribution is 2.41. The number of rotatable bonds is 5. The van der Waals surface area contributed by atoms with E-state index in [4.69, 9.17) is 4.42 Å². The van der Waals surface area contributed by atoms with Crippen LogP contribution in [-0.2, 0) is 10.0 Å². The molecule has 0 saturated heterocycles. The van der Waals surface area contributed by atoms with Gasteiger partial charge in [0.25, 0.3) is 5.91 Å². The molecule has 6 nitrogen and oxygen atoms in total. The second kappa shape index (κ2) is 8.41. The summed E-state index contributed by atoms with van der Waals surface area (Å²) in [4.78, 5) is 13.0. The van der Waals surface area contributed by atoms with Gasteiger partial charge in [-0.25, -0.2) is 8.42 Å². The van der Waals surface area contributed by atoms with Crippen LogP contribution in [0.3, 0.4) is 0 Å². The highest BCUT2D eigenvalue weighted by molar-refractivity contribution is 7.92. The van der Waals surface area contributed by atoms with Gasteiger partial charge in [0, 0.05) is 36.7 Å². The summed E-state index contributed by atoms with van der Waals surface area (Å²) in [6.45, 7) is 3.96. The molecule has 0 fully saturated rings. The normalized spacial score (nSPS) is 11.5. The van der Waals surface area contributed by atoms with E-state index in [1.54, 1.807) is 13.1 Å². The molecule has 4 aromatic rings. The van der Waals surface area contributed by atoms with Gasteiger partial charge in [0.2, 0.25) is 10.0 Å². The maximum absolute atomic E-state index is 13.0. The van der Waals surface area contributed by atoms with Gasteiger partial charge in [-0.2, -0.15) is 0 Å². The van der Waals surface area contributed by atoms with Gasteiger partial charge in [-0.3, -0.25) is 9.10 Å². The Morgan fingerprint density at radius 3 is 2.24 bits per heavy atom. The predicted octanol–water partition coefficient (Wildman–Crippen LogP) is 5.14. The van der Waals surface area contributed by atoms with Gasteiger partial charge in [0.05, 0.1) is 17.5 Å². The Morgan fingerprint density at radius 1 is 0.970 bits per heavy atom. The summed E-state index contributed by atoms with van der Waals surface area (Å²) in [5, 5.41) is 3.33. The molecule has 0 aliphatic carbocycles. The molecule has 1 heterocycles. The molecule has 0 saturated carbocycles. The SMILES string of the molecule is CNC(=O)c1c(-c2ccc(C)cc2)oc2cc(N(C)S(C)(=O)=O)c(-c3ccccc3C)cc12. The molecule has 1 N–H and O–H groups in total. The Morgan fingerprint density at radius 2 is 1.64 bits per heavy atom. The maximum atomic E-state index is 13.0. The summed E-state index contributed by atoms with van der Waals surface area (Å²) in [5.74, 6) is 0.170. The molecule has 1 aromatic heterocycles. The number of amides is 1. The predicted molar refractivity (Wildman–Crippen MR) is 133 cm³/mol. The Labute approximate surface area is 193 Å². The van der Waals surface area contributed by atoms with E-state index >= 15 is 0 Å². The molecule has 1 amide bonds. The Bertz CT molecular complexity index is 1470. The number of benzene rings is 3. The number of nitrogens with zero attached hydrogens (tertiary/aromatic N) is 1. The fraction of sp³-hybridized carbons (Fsp3) is 0.192. The summed E-state index contributed by atoms with van der Waals surface area (Å²) < 4.78 is 32.3. The van der Waals surface area contributed by atoms with Crippen LogP contribution in [0.1, 0.15) is 21.5 Å². The molecule has 170 valence electrons. The van der Waals surface area contributed by atoms with Crippen molar-refractivity contribution in [2.45, 2.75) is 13.8 Å². The van der Waals surface area contributed by atoms with Crippen LogP contribution in [0.25, 0.3) is 33.4 Å². The first-order valence-electron chi connectivity index (χ1n) is 10.5. The number of aryl methyl sites for hydroxylation is 2.